The van der Waals surface area contributed by atoms with Crippen molar-refractivity contribution in [2.45, 2.75) is 37.0 Å². The summed E-state index contributed by atoms with van der Waals surface area (Å²) in [6, 6.07) is 10.7. The second-order valence-corrected chi connectivity index (χ2v) is 9.87. The van der Waals surface area contributed by atoms with Crippen molar-refractivity contribution < 1.29 is 27.1 Å². The second kappa shape index (κ2) is 9.38. The van der Waals surface area contributed by atoms with E-state index in [1.165, 1.54) is 4.31 Å². The minimum absolute atomic E-state index is 0.117. The Balaban J connectivity index is 1.46. The van der Waals surface area contributed by atoms with Gasteiger partial charge in [0.1, 0.15) is 10.7 Å². The lowest BCUT2D eigenvalue weighted by Gasteiger charge is -2.29. The number of carbonyl (C=O) groups excluding carboxylic acids is 2. The molecule has 4 rings (SSSR count). The summed E-state index contributed by atoms with van der Waals surface area (Å²) in [4.78, 5) is 26.2. The number of hydrogen-bond donors (Lipinski definition) is 0. The van der Waals surface area contributed by atoms with Gasteiger partial charge in [0.25, 0.3) is 5.91 Å². The first-order chi connectivity index (χ1) is 15.4. The Labute approximate surface area is 186 Å². The van der Waals surface area contributed by atoms with Gasteiger partial charge in [0.15, 0.2) is 6.61 Å². The predicted octanol–water partition coefficient (Wildman–Crippen LogP) is 3.14. The zero-order valence-electron chi connectivity index (χ0n) is 17.6. The highest BCUT2D eigenvalue weighted by Gasteiger charge is 2.30. The van der Waals surface area contributed by atoms with E-state index in [4.69, 9.17) is 4.74 Å². The van der Waals surface area contributed by atoms with E-state index >= 15 is 0 Å². The smallest absolute Gasteiger partial charge is 0.338 e. The average molecular weight is 461 g/mol. The van der Waals surface area contributed by atoms with Gasteiger partial charge in [0.05, 0.1) is 5.56 Å². The minimum atomic E-state index is -4.06. The zero-order chi connectivity index (χ0) is 22.7. The van der Waals surface area contributed by atoms with E-state index in [0.717, 1.165) is 48.7 Å². The summed E-state index contributed by atoms with van der Waals surface area (Å²) < 4.78 is 46.4. The lowest BCUT2D eigenvalue weighted by atomic mass is 10.0. The number of carbonyl (C=O) groups is 2. The van der Waals surface area contributed by atoms with Gasteiger partial charge in [0.2, 0.25) is 10.0 Å². The summed E-state index contributed by atoms with van der Waals surface area (Å²) in [5.74, 6) is -2.17. The number of sulfonamides is 1. The van der Waals surface area contributed by atoms with Crippen molar-refractivity contribution in [3.63, 3.8) is 0 Å². The molecule has 0 bridgehead atoms. The fraction of sp³-hybridized carbons (Fsp3) is 0.391. The molecular weight excluding hydrogens is 435 g/mol. The van der Waals surface area contributed by atoms with Crippen molar-refractivity contribution in [3.05, 3.63) is 59.4 Å². The number of esters is 1. The Morgan fingerprint density at radius 1 is 0.969 bits per heavy atom. The quantitative estimate of drug-likeness (QED) is 0.640. The third-order valence-corrected chi connectivity index (χ3v) is 7.75. The van der Waals surface area contributed by atoms with Gasteiger partial charge >= 0.3 is 5.97 Å². The molecule has 7 nitrogen and oxygen atoms in total. The molecule has 0 atom stereocenters. The maximum absolute atomic E-state index is 14.4. The molecule has 2 aliphatic heterocycles. The highest BCUT2D eigenvalue weighted by Crippen LogP contribution is 2.27. The van der Waals surface area contributed by atoms with Crippen LogP contribution < -0.4 is 4.90 Å². The number of amides is 1. The van der Waals surface area contributed by atoms with Crippen LogP contribution in [0.15, 0.2) is 47.4 Å². The van der Waals surface area contributed by atoms with E-state index in [9.17, 15) is 22.4 Å². The van der Waals surface area contributed by atoms with E-state index in [0.29, 0.717) is 32.5 Å². The molecule has 0 spiro atoms. The van der Waals surface area contributed by atoms with Crippen molar-refractivity contribution in [1.29, 1.82) is 0 Å². The molecule has 1 saturated heterocycles. The number of piperidine rings is 1. The van der Waals surface area contributed by atoms with E-state index < -0.39 is 33.3 Å². The van der Waals surface area contributed by atoms with Crippen LogP contribution in [0.2, 0.25) is 0 Å². The van der Waals surface area contributed by atoms with Crippen molar-refractivity contribution in [3.8, 4) is 0 Å². The SMILES string of the molecule is O=C(OCC(=O)N1CCCc2ccccc21)c1ccc(F)c(S(=O)(=O)N2CCCCC2)c1. The molecule has 1 fully saturated rings. The topological polar surface area (TPSA) is 84.0 Å². The molecule has 2 aliphatic rings. The Morgan fingerprint density at radius 2 is 1.72 bits per heavy atom. The van der Waals surface area contributed by atoms with Gasteiger partial charge in [-0.25, -0.2) is 17.6 Å². The van der Waals surface area contributed by atoms with Crippen molar-refractivity contribution in [1.82, 2.24) is 4.31 Å². The number of ether oxygens (including phenoxy) is 1. The average Bonchev–Trinajstić information content (AvgIpc) is 2.82. The first kappa shape index (κ1) is 22.4. The van der Waals surface area contributed by atoms with Gasteiger partial charge < -0.3 is 9.64 Å². The van der Waals surface area contributed by atoms with Gasteiger partial charge in [-0.1, -0.05) is 24.6 Å². The maximum Gasteiger partial charge on any atom is 0.338 e. The largest absolute Gasteiger partial charge is 0.452 e. The van der Waals surface area contributed by atoms with Gasteiger partial charge in [-0.15, -0.1) is 0 Å². The Bertz CT molecular complexity index is 1130. The highest BCUT2D eigenvalue weighted by atomic mass is 32.2. The number of halogens is 1. The fourth-order valence-corrected chi connectivity index (χ4v) is 5.76. The summed E-state index contributed by atoms with van der Waals surface area (Å²) in [5.41, 5.74) is 1.75. The monoisotopic (exact) mass is 460 g/mol. The number of fused-ring (bicyclic) bond motifs is 1. The first-order valence-electron chi connectivity index (χ1n) is 10.7. The van der Waals surface area contributed by atoms with Gasteiger partial charge in [-0.05, 0) is 55.5 Å². The van der Waals surface area contributed by atoms with Crippen LogP contribution in [-0.4, -0.2) is 50.8 Å². The number of aryl methyl sites for hydroxylation is 1. The molecule has 9 heteroatoms. The molecule has 32 heavy (non-hydrogen) atoms. The van der Waals surface area contributed by atoms with Crippen LogP contribution in [0.4, 0.5) is 10.1 Å². The van der Waals surface area contributed by atoms with E-state index in [1.807, 2.05) is 24.3 Å². The van der Waals surface area contributed by atoms with Gasteiger partial charge in [0, 0.05) is 25.3 Å². The van der Waals surface area contributed by atoms with E-state index in [2.05, 4.69) is 0 Å². The molecule has 1 amide bonds. The zero-order valence-corrected chi connectivity index (χ0v) is 18.4. The number of benzene rings is 2. The van der Waals surface area contributed by atoms with Crippen LogP contribution in [0.3, 0.4) is 0 Å². The predicted molar refractivity (Wildman–Crippen MR) is 116 cm³/mol. The third kappa shape index (κ3) is 4.54. The van der Waals surface area contributed by atoms with E-state index in [1.54, 1.807) is 4.90 Å². The Morgan fingerprint density at radius 3 is 2.50 bits per heavy atom. The molecular formula is C23H25FN2O5S. The minimum Gasteiger partial charge on any atom is -0.452 e. The van der Waals surface area contributed by atoms with E-state index in [-0.39, 0.29) is 11.5 Å². The lowest BCUT2D eigenvalue weighted by molar-refractivity contribution is -0.121. The normalized spacial score (nSPS) is 17.0. The lowest BCUT2D eigenvalue weighted by Crippen LogP contribution is -2.38. The molecule has 2 aromatic carbocycles. The molecule has 0 saturated carbocycles. The molecule has 0 radical (unpaired) electrons. The van der Waals surface area contributed by atoms with Crippen molar-refractivity contribution >= 4 is 27.6 Å². The number of nitrogens with zero attached hydrogens (tertiary/aromatic N) is 2. The van der Waals surface area contributed by atoms with Crippen LogP contribution in [0.5, 0.6) is 0 Å². The third-order valence-electron chi connectivity index (χ3n) is 5.84. The van der Waals surface area contributed by atoms with Crippen LogP contribution in [0.1, 0.15) is 41.6 Å². The molecule has 2 heterocycles. The Kier molecular flexibility index (Phi) is 6.57. The molecule has 170 valence electrons. The molecule has 2 aromatic rings. The summed E-state index contributed by atoms with van der Waals surface area (Å²) >= 11 is 0. The Hall–Kier alpha value is -2.78. The summed E-state index contributed by atoms with van der Waals surface area (Å²) in [5, 5.41) is 0. The fourth-order valence-electron chi connectivity index (χ4n) is 4.15. The molecule has 0 aliphatic carbocycles. The number of rotatable bonds is 5. The molecule has 0 aromatic heterocycles. The first-order valence-corrected chi connectivity index (χ1v) is 12.2. The van der Waals surface area contributed by atoms with Crippen LogP contribution in [0, 0.1) is 5.82 Å². The summed E-state index contributed by atoms with van der Waals surface area (Å²) in [7, 11) is -4.06. The van der Waals surface area contributed by atoms with Gasteiger partial charge in [-0.2, -0.15) is 4.31 Å². The summed E-state index contributed by atoms with van der Waals surface area (Å²) in [6.07, 6.45) is 4.04. The maximum atomic E-state index is 14.4. The number of anilines is 1. The van der Waals surface area contributed by atoms with Gasteiger partial charge in [-0.3, -0.25) is 4.79 Å². The van der Waals surface area contributed by atoms with Crippen LogP contribution >= 0.6 is 0 Å². The van der Waals surface area contributed by atoms with Crippen molar-refractivity contribution in [2.75, 3.05) is 31.1 Å². The van der Waals surface area contributed by atoms with Crippen molar-refractivity contribution in [2.24, 2.45) is 0 Å². The van der Waals surface area contributed by atoms with Crippen LogP contribution in [0.25, 0.3) is 0 Å². The molecule has 0 unspecified atom stereocenters. The van der Waals surface area contributed by atoms with Crippen LogP contribution in [-0.2, 0) is 26.0 Å². The standard InChI is InChI=1S/C23H25FN2O5S/c24-19-11-10-18(15-21(19)32(29,30)25-12-4-1-5-13-25)23(28)31-16-22(27)26-14-6-8-17-7-2-3-9-20(17)26/h2-3,7,9-11,15H,1,4-6,8,12-14,16H2. The summed E-state index contributed by atoms with van der Waals surface area (Å²) in [6.45, 7) is 0.686. The second-order valence-electron chi connectivity index (χ2n) is 7.96. The molecule has 0 N–H and O–H groups in total. The number of para-hydroxylation sites is 1. The highest BCUT2D eigenvalue weighted by molar-refractivity contribution is 7.89. The number of hydrogen-bond acceptors (Lipinski definition) is 5.